The first-order chi connectivity index (χ1) is 16.1. The van der Waals surface area contributed by atoms with Gasteiger partial charge in [0.15, 0.2) is 0 Å². The maximum absolute atomic E-state index is 13.0. The molecule has 0 amide bonds. The lowest BCUT2D eigenvalue weighted by Gasteiger charge is -2.30. The fraction of sp³-hybridized carbons (Fsp3) is 0.304. The van der Waals surface area contributed by atoms with Crippen molar-refractivity contribution in [3.63, 3.8) is 0 Å². The number of halogens is 3. The van der Waals surface area contributed by atoms with Gasteiger partial charge in [0.1, 0.15) is 6.10 Å². The van der Waals surface area contributed by atoms with Crippen molar-refractivity contribution in [3.8, 4) is 17.0 Å². The highest BCUT2D eigenvalue weighted by Crippen LogP contribution is 2.34. The fourth-order valence-corrected chi connectivity index (χ4v) is 5.10. The van der Waals surface area contributed by atoms with Crippen molar-refractivity contribution in [1.82, 2.24) is 18.9 Å². The van der Waals surface area contributed by atoms with Crippen LogP contribution < -0.4 is 4.74 Å². The normalized spacial score (nSPS) is 16.4. The fourth-order valence-electron chi connectivity index (χ4n) is 4.23. The van der Waals surface area contributed by atoms with Crippen molar-refractivity contribution in [2.45, 2.75) is 25.1 Å². The van der Waals surface area contributed by atoms with Gasteiger partial charge < -0.3 is 4.74 Å². The van der Waals surface area contributed by atoms with Crippen LogP contribution in [0.3, 0.4) is 0 Å². The molecule has 0 bridgehead atoms. The number of benzene rings is 1. The highest BCUT2D eigenvalue weighted by Gasteiger charge is 2.31. The molecule has 4 heterocycles. The average Bonchev–Trinajstić information content (AvgIpc) is 3.21. The van der Waals surface area contributed by atoms with Gasteiger partial charge >= 0.3 is 6.18 Å². The second-order valence-electron chi connectivity index (χ2n) is 8.33. The van der Waals surface area contributed by atoms with Gasteiger partial charge in [-0.1, -0.05) is 6.07 Å². The van der Waals surface area contributed by atoms with E-state index in [9.17, 15) is 21.6 Å². The molecule has 0 atom stereocenters. The van der Waals surface area contributed by atoms with E-state index in [2.05, 4.69) is 10.1 Å². The molecule has 7 nitrogen and oxygen atoms in total. The van der Waals surface area contributed by atoms with Crippen LogP contribution in [0.15, 0.2) is 55.0 Å². The summed E-state index contributed by atoms with van der Waals surface area (Å²) >= 11 is 0. The van der Waals surface area contributed by atoms with Gasteiger partial charge in [-0.2, -0.15) is 18.3 Å². The number of sulfonamides is 1. The van der Waals surface area contributed by atoms with E-state index in [1.54, 1.807) is 12.4 Å². The Bertz CT molecular complexity index is 1480. The molecular formula is C23H21F3N4O3S. The highest BCUT2D eigenvalue weighted by atomic mass is 32.2. The zero-order valence-corrected chi connectivity index (χ0v) is 19.0. The van der Waals surface area contributed by atoms with E-state index in [1.165, 1.54) is 21.1 Å². The summed E-state index contributed by atoms with van der Waals surface area (Å²) in [6.07, 6.45) is 1.94. The van der Waals surface area contributed by atoms with Gasteiger partial charge in [0, 0.05) is 36.4 Å². The lowest BCUT2D eigenvalue weighted by molar-refractivity contribution is -0.137. The lowest BCUT2D eigenvalue weighted by Crippen LogP contribution is -2.41. The van der Waals surface area contributed by atoms with Crippen LogP contribution in [0.1, 0.15) is 18.4 Å². The van der Waals surface area contributed by atoms with E-state index in [0.717, 1.165) is 28.6 Å². The molecule has 178 valence electrons. The summed E-state index contributed by atoms with van der Waals surface area (Å²) in [7, 11) is -3.21. The molecule has 5 rings (SSSR count). The minimum atomic E-state index is -4.44. The summed E-state index contributed by atoms with van der Waals surface area (Å²) in [4.78, 5) is 4.37. The topological polar surface area (TPSA) is 76.8 Å². The number of ether oxygens (including phenoxy) is 1. The third kappa shape index (κ3) is 4.32. The number of rotatable bonds is 4. The number of pyridine rings is 2. The van der Waals surface area contributed by atoms with Crippen LogP contribution in [0, 0.1) is 0 Å². The zero-order valence-electron chi connectivity index (χ0n) is 18.2. The number of hydrogen-bond donors (Lipinski definition) is 0. The Morgan fingerprint density at radius 1 is 1.09 bits per heavy atom. The van der Waals surface area contributed by atoms with Crippen molar-refractivity contribution in [2.75, 3.05) is 19.3 Å². The molecule has 0 spiro atoms. The molecule has 1 aromatic carbocycles. The Hall–Kier alpha value is -3.18. The predicted octanol–water partition coefficient (Wildman–Crippen LogP) is 4.37. The van der Waals surface area contributed by atoms with Crippen molar-refractivity contribution in [2.24, 2.45) is 0 Å². The summed E-state index contributed by atoms with van der Waals surface area (Å²) < 4.78 is 71.3. The van der Waals surface area contributed by atoms with Gasteiger partial charge in [0.2, 0.25) is 15.9 Å². The molecule has 4 aromatic rings. The van der Waals surface area contributed by atoms with Crippen molar-refractivity contribution in [1.29, 1.82) is 0 Å². The van der Waals surface area contributed by atoms with Crippen molar-refractivity contribution in [3.05, 3.63) is 60.6 Å². The van der Waals surface area contributed by atoms with E-state index in [0.29, 0.717) is 42.9 Å². The van der Waals surface area contributed by atoms with Gasteiger partial charge in [-0.05, 0) is 54.1 Å². The molecule has 1 aliphatic rings. The average molecular weight is 491 g/mol. The van der Waals surface area contributed by atoms with Crippen molar-refractivity contribution >= 4 is 26.3 Å². The Balaban J connectivity index is 1.41. The van der Waals surface area contributed by atoms with E-state index >= 15 is 0 Å². The number of hydrogen-bond acceptors (Lipinski definition) is 5. The van der Waals surface area contributed by atoms with Crippen LogP contribution in [0.2, 0.25) is 0 Å². The summed E-state index contributed by atoms with van der Waals surface area (Å²) in [6.45, 7) is 0.812. The first kappa shape index (κ1) is 22.6. The number of nitrogens with zero attached hydrogens (tertiary/aromatic N) is 4. The first-order valence-electron chi connectivity index (χ1n) is 10.6. The molecule has 34 heavy (non-hydrogen) atoms. The molecule has 11 heteroatoms. The smallest absolute Gasteiger partial charge is 0.417 e. The second kappa shape index (κ2) is 8.24. The van der Waals surface area contributed by atoms with Gasteiger partial charge in [0.05, 0.1) is 23.5 Å². The van der Waals surface area contributed by atoms with E-state index in [-0.39, 0.29) is 6.10 Å². The van der Waals surface area contributed by atoms with Crippen LogP contribution >= 0.6 is 0 Å². The second-order valence-corrected chi connectivity index (χ2v) is 10.3. The molecule has 0 aliphatic carbocycles. The summed E-state index contributed by atoms with van der Waals surface area (Å²) in [5, 5.41) is 5.76. The Labute approximate surface area is 193 Å². The molecule has 0 N–H and O–H groups in total. The monoisotopic (exact) mass is 490 g/mol. The number of aromatic nitrogens is 3. The number of fused-ring (bicyclic) bond motifs is 2. The SMILES string of the molecule is CS(=O)(=O)N1CCC(Oc2nccc3cc(-c4cnn5cc(C(F)(F)F)ccc45)ccc23)CC1. The Morgan fingerprint density at radius 2 is 1.85 bits per heavy atom. The van der Waals surface area contributed by atoms with Crippen molar-refractivity contribution < 1.29 is 26.3 Å². The standard InChI is InChI=1S/C23H21F3N4O3S/c1-34(31,32)29-10-7-18(8-11-29)33-22-19-4-2-15(12-16(19)6-9-27-22)20-13-28-30-14-17(23(24,25)26)3-5-21(20)30/h2-6,9,12-14,18H,7-8,10-11H2,1H3. The van der Waals surface area contributed by atoms with Gasteiger partial charge in [-0.3, -0.25) is 0 Å². The van der Waals surface area contributed by atoms with Gasteiger partial charge in [0.25, 0.3) is 0 Å². The summed E-state index contributed by atoms with van der Waals surface area (Å²) in [5.41, 5.74) is 1.32. The zero-order chi connectivity index (χ0) is 24.1. The van der Waals surface area contributed by atoms with E-state index < -0.39 is 21.8 Å². The molecule has 0 radical (unpaired) electrons. The molecule has 3 aromatic heterocycles. The molecule has 0 unspecified atom stereocenters. The van der Waals surface area contributed by atoms with E-state index in [1.807, 2.05) is 24.3 Å². The number of piperidine rings is 1. The molecule has 1 fully saturated rings. The minimum absolute atomic E-state index is 0.141. The van der Waals surface area contributed by atoms with Crippen LogP contribution in [0.25, 0.3) is 27.4 Å². The molecule has 1 saturated heterocycles. The maximum atomic E-state index is 13.0. The van der Waals surface area contributed by atoms with Gasteiger partial charge in [-0.15, -0.1) is 0 Å². The lowest BCUT2D eigenvalue weighted by atomic mass is 10.0. The quantitative estimate of drug-likeness (QED) is 0.425. The predicted molar refractivity (Wildman–Crippen MR) is 121 cm³/mol. The van der Waals surface area contributed by atoms with Crippen LogP contribution in [0.5, 0.6) is 5.88 Å². The third-order valence-corrected chi connectivity index (χ3v) is 7.33. The van der Waals surface area contributed by atoms with Gasteiger partial charge in [-0.25, -0.2) is 22.2 Å². The minimum Gasteiger partial charge on any atom is -0.474 e. The van der Waals surface area contributed by atoms with Crippen LogP contribution in [-0.4, -0.2) is 52.8 Å². The maximum Gasteiger partial charge on any atom is 0.417 e. The van der Waals surface area contributed by atoms with Crippen LogP contribution in [0.4, 0.5) is 13.2 Å². The largest absolute Gasteiger partial charge is 0.474 e. The first-order valence-corrected chi connectivity index (χ1v) is 12.5. The highest BCUT2D eigenvalue weighted by molar-refractivity contribution is 7.88. The molecular weight excluding hydrogens is 469 g/mol. The Morgan fingerprint density at radius 3 is 2.56 bits per heavy atom. The van der Waals surface area contributed by atoms with Crippen LogP contribution in [-0.2, 0) is 16.2 Å². The summed E-state index contributed by atoms with van der Waals surface area (Å²) in [6, 6.07) is 9.95. The summed E-state index contributed by atoms with van der Waals surface area (Å²) in [5.74, 6) is 0.469. The number of alkyl halides is 3. The molecule has 1 aliphatic heterocycles. The molecule has 0 saturated carbocycles. The third-order valence-electron chi connectivity index (χ3n) is 6.03. The van der Waals surface area contributed by atoms with E-state index in [4.69, 9.17) is 4.74 Å². The Kier molecular flexibility index (Phi) is 5.48.